The number of hydrogen-bond donors (Lipinski definition) is 2. The van der Waals surface area contributed by atoms with E-state index in [4.69, 9.17) is 4.74 Å². The third-order valence-electron chi connectivity index (χ3n) is 3.63. The van der Waals surface area contributed by atoms with Crippen molar-refractivity contribution in [3.8, 4) is 0 Å². The molecule has 21 heavy (non-hydrogen) atoms. The summed E-state index contributed by atoms with van der Waals surface area (Å²) < 4.78 is 31.4. The predicted molar refractivity (Wildman–Crippen MR) is 71.5 cm³/mol. The van der Waals surface area contributed by atoms with Crippen LogP contribution < -0.4 is 5.32 Å². The minimum atomic E-state index is -2.84. The fourth-order valence-electron chi connectivity index (χ4n) is 2.33. The third-order valence-corrected chi connectivity index (χ3v) is 3.63. The standard InChI is InChI=1S/C13H16F2N2O4/c14-12(15)10-7-9(17(19)20)1-2-11(10)16-13(8-18)3-5-21-6-4-13/h1-2,7,12,16,18H,3-6,8H2. The van der Waals surface area contributed by atoms with Crippen LogP contribution >= 0.6 is 0 Å². The maximum Gasteiger partial charge on any atom is 0.270 e. The first-order chi connectivity index (χ1) is 9.97. The van der Waals surface area contributed by atoms with E-state index in [0.29, 0.717) is 26.1 Å². The van der Waals surface area contributed by atoms with Gasteiger partial charge < -0.3 is 15.2 Å². The topological polar surface area (TPSA) is 84.6 Å². The Morgan fingerprint density at radius 3 is 2.62 bits per heavy atom. The van der Waals surface area contributed by atoms with Gasteiger partial charge in [0.1, 0.15) is 0 Å². The predicted octanol–water partition coefficient (Wildman–Crippen LogP) is 2.49. The molecule has 0 unspecified atom stereocenters. The Labute approximate surface area is 119 Å². The van der Waals surface area contributed by atoms with Crippen molar-refractivity contribution in [2.24, 2.45) is 0 Å². The van der Waals surface area contributed by atoms with Gasteiger partial charge >= 0.3 is 0 Å². The number of nitro benzene ring substituents is 1. The molecule has 0 amide bonds. The highest BCUT2D eigenvalue weighted by atomic mass is 19.3. The largest absolute Gasteiger partial charge is 0.394 e. The van der Waals surface area contributed by atoms with Gasteiger partial charge in [0.2, 0.25) is 0 Å². The molecule has 6 nitrogen and oxygen atoms in total. The number of halogens is 2. The van der Waals surface area contributed by atoms with E-state index in [1.54, 1.807) is 0 Å². The highest BCUT2D eigenvalue weighted by Crippen LogP contribution is 2.34. The minimum absolute atomic E-state index is 0.103. The normalized spacial score (nSPS) is 17.7. The number of aliphatic hydroxyl groups excluding tert-OH is 1. The maximum atomic E-state index is 13.1. The molecule has 8 heteroatoms. The first-order valence-electron chi connectivity index (χ1n) is 6.51. The molecule has 116 valence electrons. The van der Waals surface area contributed by atoms with Crippen LogP contribution in [-0.2, 0) is 4.74 Å². The summed E-state index contributed by atoms with van der Waals surface area (Å²) in [6, 6.07) is 3.28. The SMILES string of the molecule is O=[N+]([O-])c1ccc(NC2(CO)CCOCC2)c(C(F)F)c1. The maximum absolute atomic E-state index is 13.1. The molecule has 0 aliphatic carbocycles. The average molecular weight is 302 g/mol. The lowest BCUT2D eigenvalue weighted by atomic mass is 9.90. The molecule has 0 saturated carbocycles. The fraction of sp³-hybridized carbons (Fsp3) is 0.538. The second kappa shape index (κ2) is 6.31. The first kappa shape index (κ1) is 15.6. The number of aliphatic hydroxyl groups is 1. The molecule has 1 saturated heterocycles. The van der Waals surface area contributed by atoms with Gasteiger partial charge in [-0.1, -0.05) is 0 Å². The molecular formula is C13H16F2N2O4. The Balaban J connectivity index is 2.31. The van der Waals surface area contributed by atoms with Crippen molar-refractivity contribution in [3.05, 3.63) is 33.9 Å². The van der Waals surface area contributed by atoms with Crippen LogP contribution in [-0.4, -0.2) is 35.4 Å². The molecule has 1 aromatic carbocycles. The molecule has 1 aromatic rings. The highest BCUT2D eigenvalue weighted by molar-refractivity contribution is 5.58. The molecule has 2 N–H and O–H groups in total. The van der Waals surface area contributed by atoms with Crippen LogP contribution in [0.2, 0.25) is 0 Å². The zero-order valence-electron chi connectivity index (χ0n) is 11.2. The summed E-state index contributed by atoms with van der Waals surface area (Å²) in [6.45, 7) is 0.616. The van der Waals surface area contributed by atoms with Crippen molar-refractivity contribution in [3.63, 3.8) is 0 Å². The Bertz CT molecular complexity index is 519. The van der Waals surface area contributed by atoms with E-state index in [-0.39, 0.29) is 18.0 Å². The summed E-state index contributed by atoms with van der Waals surface area (Å²) in [5.41, 5.74) is -1.46. The molecule has 0 atom stereocenters. The lowest BCUT2D eigenvalue weighted by Gasteiger charge is -2.37. The number of nitrogens with one attached hydrogen (secondary N) is 1. The number of anilines is 1. The molecule has 1 heterocycles. The third kappa shape index (κ3) is 3.45. The summed E-state index contributed by atoms with van der Waals surface area (Å²) in [5.74, 6) is 0. The lowest BCUT2D eigenvalue weighted by molar-refractivity contribution is -0.385. The molecular weight excluding hydrogens is 286 g/mol. The van der Waals surface area contributed by atoms with Crippen molar-refractivity contribution >= 4 is 11.4 Å². The number of non-ortho nitro benzene ring substituents is 1. The van der Waals surface area contributed by atoms with Gasteiger partial charge in [0.15, 0.2) is 0 Å². The van der Waals surface area contributed by atoms with E-state index in [2.05, 4.69) is 5.32 Å². The van der Waals surface area contributed by atoms with Crippen molar-refractivity contribution in [2.75, 3.05) is 25.1 Å². The quantitative estimate of drug-likeness (QED) is 0.645. The zero-order chi connectivity index (χ0) is 15.5. The van der Waals surface area contributed by atoms with Gasteiger partial charge in [-0.15, -0.1) is 0 Å². The number of rotatable bonds is 5. The molecule has 1 aliphatic heterocycles. The number of benzene rings is 1. The van der Waals surface area contributed by atoms with Gasteiger partial charge in [-0.05, 0) is 18.9 Å². The minimum Gasteiger partial charge on any atom is -0.394 e. The smallest absolute Gasteiger partial charge is 0.270 e. The summed E-state index contributed by atoms with van der Waals surface area (Å²) >= 11 is 0. The van der Waals surface area contributed by atoms with Gasteiger partial charge in [0.05, 0.1) is 17.1 Å². The van der Waals surface area contributed by atoms with E-state index in [1.165, 1.54) is 12.1 Å². The Morgan fingerprint density at radius 1 is 1.43 bits per heavy atom. The van der Waals surface area contributed by atoms with Crippen molar-refractivity contribution in [2.45, 2.75) is 24.8 Å². The van der Waals surface area contributed by atoms with Gasteiger partial charge in [-0.25, -0.2) is 8.78 Å². The summed E-state index contributed by atoms with van der Waals surface area (Å²) in [6.07, 6.45) is -1.89. The Kier molecular flexibility index (Phi) is 4.69. The second-order valence-electron chi connectivity index (χ2n) is 5.01. The molecule has 1 aliphatic rings. The van der Waals surface area contributed by atoms with Crippen LogP contribution in [0.15, 0.2) is 18.2 Å². The van der Waals surface area contributed by atoms with Gasteiger partial charge in [-0.2, -0.15) is 0 Å². The molecule has 0 bridgehead atoms. The van der Waals surface area contributed by atoms with E-state index in [9.17, 15) is 24.0 Å². The summed E-state index contributed by atoms with van der Waals surface area (Å²) in [4.78, 5) is 9.96. The fourth-order valence-corrected chi connectivity index (χ4v) is 2.33. The van der Waals surface area contributed by atoms with Crippen LogP contribution in [0.3, 0.4) is 0 Å². The van der Waals surface area contributed by atoms with Crippen molar-refractivity contribution < 1.29 is 23.5 Å². The highest BCUT2D eigenvalue weighted by Gasteiger charge is 2.33. The number of nitro groups is 1. The van der Waals surface area contributed by atoms with E-state index < -0.39 is 22.5 Å². The summed E-state index contributed by atoms with van der Waals surface area (Å²) in [5, 5.41) is 23.2. The van der Waals surface area contributed by atoms with Crippen LogP contribution in [0.1, 0.15) is 24.8 Å². The van der Waals surface area contributed by atoms with Crippen LogP contribution in [0.5, 0.6) is 0 Å². The lowest BCUT2D eigenvalue weighted by Crippen LogP contribution is -2.47. The number of alkyl halides is 2. The number of nitrogens with zero attached hydrogens (tertiary/aromatic N) is 1. The van der Waals surface area contributed by atoms with E-state index in [0.717, 1.165) is 6.07 Å². The Hall–Kier alpha value is -1.80. The molecule has 0 aromatic heterocycles. The molecule has 1 fully saturated rings. The molecule has 0 spiro atoms. The number of hydrogen-bond acceptors (Lipinski definition) is 5. The second-order valence-corrected chi connectivity index (χ2v) is 5.01. The molecule has 2 rings (SSSR count). The van der Waals surface area contributed by atoms with E-state index in [1.807, 2.05) is 0 Å². The number of ether oxygens (including phenoxy) is 1. The van der Waals surface area contributed by atoms with Crippen molar-refractivity contribution in [1.29, 1.82) is 0 Å². The van der Waals surface area contributed by atoms with Crippen molar-refractivity contribution in [1.82, 2.24) is 0 Å². The Morgan fingerprint density at radius 2 is 2.10 bits per heavy atom. The van der Waals surface area contributed by atoms with Crippen LogP contribution in [0.25, 0.3) is 0 Å². The van der Waals surface area contributed by atoms with Crippen LogP contribution in [0.4, 0.5) is 20.2 Å². The molecule has 0 radical (unpaired) electrons. The van der Waals surface area contributed by atoms with Gasteiger partial charge in [0.25, 0.3) is 12.1 Å². The first-order valence-corrected chi connectivity index (χ1v) is 6.51. The van der Waals surface area contributed by atoms with Gasteiger partial charge in [-0.3, -0.25) is 10.1 Å². The average Bonchev–Trinajstić information content (AvgIpc) is 2.48. The zero-order valence-corrected chi connectivity index (χ0v) is 11.2. The monoisotopic (exact) mass is 302 g/mol. The van der Waals surface area contributed by atoms with E-state index >= 15 is 0 Å². The van der Waals surface area contributed by atoms with Gasteiger partial charge in [0, 0.05) is 36.6 Å². The summed E-state index contributed by atoms with van der Waals surface area (Å²) in [7, 11) is 0. The van der Waals surface area contributed by atoms with Crippen LogP contribution in [0, 0.1) is 10.1 Å².